The molecule has 3 rings (SSSR count). The minimum Gasteiger partial charge on any atom is -0.351 e. The molecule has 0 aliphatic heterocycles. The summed E-state index contributed by atoms with van der Waals surface area (Å²) in [7, 11) is -3.69. The number of nitrogens with one attached hydrogen (secondary N) is 2. The van der Waals surface area contributed by atoms with Crippen molar-refractivity contribution >= 4 is 27.5 Å². The minimum atomic E-state index is -3.69. The first-order valence-electron chi connectivity index (χ1n) is 8.89. The van der Waals surface area contributed by atoms with Gasteiger partial charge in [-0.2, -0.15) is 0 Å². The lowest BCUT2D eigenvalue weighted by molar-refractivity contribution is 0.0949. The second-order valence-electron chi connectivity index (χ2n) is 7.25. The number of benzene rings is 2. The predicted octanol–water partition coefficient (Wildman–Crippen LogP) is 3.49. The van der Waals surface area contributed by atoms with Gasteiger partial charge in [-0.3, -0.25) is 4.79 Å². The van der Waals surface area contributed by atoms with Crippen molar-refractivity contribution in [1.82, 2.24) is 10.0 Å². The van der Waals surface area contributed by atoms with Gasteiger partial charge in [0.2, 0.25) is 10.0 Å². The molecule has 1 fully saturated rings. The van der Waals surface area contributed by atoms with Gasteiger partial charge < -0.3 is 5.32 Å². The van der Waals surface area contributed by atoms with Gasteiger partial charge in [0.15, 0.2) is 0 Å². The molecule has 0 radical (unpaired) electrons. The number of carbonyl (C=O) groups excluding carboxylic acids is 1. The molecule has 1 amide bonds. The van der Waals surface area contributed by atoms with Gasteiger partial charge in [-0.15, -0.1) is 0 Å². The van der Waals surface area contributed by atoms with E-state index < -0.39 is 10.0 Å². The zero-order valence-corrected chi connectivity index (χ0v) is 16.9. The lowest BCUT2D eigenvalue weighted by Gasteiger charge is -2.17. The van der Waals surface area contributed by atoms with E-state index in [-0.39, 0.29) is 32.8 Å². The van der Waals surface area contributed by atoms with E-state index in [4.69, 9.17) is 11.6 Å². The summed E-state index contributed by atoms with van der Waals surface area (Å²) < 4.78 is 27.2. The van der Waals surface area contributed by atoms with Gasteiger partial charge in [-0.1, -0.05) is 41.9 Å². The van der Waals surface area contributed by atoms with Gasteiger partial charge in [0, 0.05) is 18.0 Å². The number of halogens is 1. The molecule has 2 aromatic carbocycles. The van der Waals surface area contributed by atoms with Crippen LogP contribution in [-0.2, 0) is 15.4 Å². The second-order valence-corrected chi connectivity index (χ2v) is 9.37. The molecular formula is C20H23ClN2O3S. The molecule has 1 aliphatic rings. The first-order chi connectivity index (χ1) is 12.7. The minimum absolute atomic E-state index is 0.0231. The van der Waals surface area contributed by atoms with Crippen LogP contribution in [0.2, 0.25) is 5.02 Å². The second kappa shape index (κ2) is 7.62. The molecular weight excluding hydrogens is 384 g/mol. The predicted molar refractivity (Wildman–Crippen MR) is 107 cm³/mol. The summed E-state index contributed by atoms with van der Waals surface area (Å²) in [6.45, 7) is 3.97. The van der Waals surface area contributed by atoms with Gasteiger partial charge in [-0.05, 0) is 50.5 Å². The quantitative estimate of drug-likeness (QED) is 0.739. The topological polar surface area (TPSA) is 75.3 Å². The number of rotatable bonds is 7. The van der Waals surface area contributed by atoms with E-state index in [0.29, 0.717) is 6.54 Å². The molecule has 0 heterocycles. The number of hydrogen-bond donors (Lipinski definition) is 2. The molecule has 2 aromatic rings. The Hall–Kier alpha value is -1.89. The lowest BCUT2D eigenvalue weighted by Crippen LogP contribution is -2.33. The average Bonchev–Trinajstić information content (AvgIpc) is 3.41. The molecule has 0 atom stereocenters. The van der Waals surface area contributed by atoms with Crippen LogP contribution < -0.4 is 10.0 Å². The Bertz CT molecular complexity index is 939. The third-order valence-electron chi connectivity index (χ3n) is 4.71. The fraction of sp³-hybridized carbons (Fsp3) is 0.350. The number of amides is 1. The third kappa shape index (κ3) is 4.51. The largest absolute Gasteiger partial charge is 0.351 e. The van der Waals surface area contributed by atoms with Crippen LogP contribution in [0.25, 0.3) is 0 Å². The van der Waals surface area contributed by atoms with Crippen LogP contribution in [0, 0.1) is 0 Å². The molecule has 5 nitrogen and oxygen atoms in total. The normalized spacial score (nSPS) is 15.6. The van der Waals surface area contributed by atoms with E-state index in [1.165, 1.54) is 23.8 Å². The smallest absolute Gasteiger partial charge is 0.252 e. The first-order valence-corrected chi connectivity index (χ1v) is 10.8. The van der Waals surface area contributed by atoms with Gasteiger partial charge in [0.1, 0.15) is 0 Å². The van der Waals surface area contributed by atoms with E-state index in [1.54, 1.807) is 13.8 Å². The molecule has 0 unspecified atom stereocenters. The van der Waals surface area contributed by atoms with Crippen molar-refractivity contribution in [3.63, 3.8) is 0 Å². The van der Waals surface area contributed by atoms with E-state index in [0.717, 1.165) is 12.8 Å². The maximum absolute atomic E-state index is 12.7. The van der Waals surface area contributed by atoms with Crippen molar-refractivity contribution in [1.29, 1.82) is 0 Å². The molecule has 0 saturated heterocycles. The molecule has 2 N–H and O–H groups in total. The highest BCUT2D eigenvalue weighted by atomic mass is 35.5. The summed E-state index contributed by atoms with van der Waals surface area (Å²) in [6.07, 6.45) is 2.02. The Morgan fingerprint density at radius 1 is 1.15 bits per heavy atom. The van der Waals surface area contributed by atoms with Crippen LogP contribution >= 0.6 is 11.6 Å². The van der Waals surface area contributed by atoms with Gasteiger partial charge >= 0.3 is 0 Å². The summed E-state index contributed by atoms with van der Waals surface area (Å²) in [5, 5.41) is 3.14. The van der Waals surface area contributed by atoms with E-state index >= 15 is 0 Å². The molecule has 0 bridgehead atoms. The summed E-state index contributed by atoms with van der Waals surface area (Å²) in [5.41, 5.74) is 1.33. The highest BCUT2D eigenvalue weighted by molar-refractivity contribution is 7.89. The standard InChI is InChI=1S/C20H23ClN2O3S/c1-14(2)23-27(25,26)16-8-9-18(21)17(12-16)19(24)22-13-20(10-11-20)15-6-4-3-5-7-15/h3-9,12,14,23H,10-11,13H2,1-2H3,(H,22,24). The highest BCUT2D eigenvalue weighted by Crippen LogP contribution is 2.47. The van der Waals surface area contributed by atoms with Crippen molar-refractivity contribution in [3.05, 3.63) is 64.7 Å². The van der Waals surface area contributed by atoms with Crippen molar-refractivity contribution in [2.24, 2.45) is 0 Å². The zero-order chi connectivity index (χ0) is 19.7. The molecule has 7 heteroatoms. The Balaban J connectivity index is 1.76. The van der Waals surface area contributed by atoms with E-state index in [1.807, 2.05) is 18.2 Å². The first kappa shape index (κ1) is 19.9. The van der Waals surface area contributed by atoms with Crippen LogP contribution in [0.4, 0.5) is 0 Å². The summed E-state index contributed by atoms with van der Waals surface area (Å²) in [4.78, 5) is 12.7. The molecule has 1 aliphatic carbocycles. The summed E-state index contributed by atoms with van der Waals surface area (Å²) in [5.74, 6) is -0.371. The Labute approximate surface area is 165 Å². The average molecular weight is 407 g/mol. The molecule has 144 valence electrons. The zero-order valence-electron chi connectivity index (χ0n) is 15.3. The van der Waals surface area contributed by atoms with Gasteiger partial charge in [-0.25, -0.2) is 13.1 Å². The van der Waals surface area contributed by atoms with Crippen molar-refractivity contribution in [3.8, 4) is 0 Å². The van der Waals surface area contributed by atoms with E-state index in [9.17, 15) is 13.2 Å². The monoisotopic (exact) mass is 406 g/mol. The van der Waals surface area contributed by atoms with Crippen molar-refractivity contribution in [2.45, 2.75) is 43.0 Å². The lowest BCUT2D eigenvalue weighted by atomic mass is 9.96. The third-order valence-corrected chi connectivity index (χ3v) is 6.70. The summed E-state index contributed by atoms with van der Waals surface area (Å²) in [6, 6.07) is 14.0. The molecule has 0 aromatic heterocycles. The number of carbonyl (C=O) groups is 1. The van der Waals surface area contributed by atoms with Crippen LogP contribution in [0.3, 0.4) is 0 Å². The Morgan fingerprint density at radius 3 is 2.41 bits per heavy atom. The maximum Gasteiger partial charge on any atom is 0.252 e. The van der Waals surface area contributed by atoms with Crippen molar-refractivity contribution in [2.75, 3.05) is 6.54 Å². The van der Waals surface area contributed by atoms with Gasteiger partial charge in [0.05, 0.1) is 15.5 Å². The number of hydrogen-bond acceptors (Lipinski definition) is 3. The van der Waals surface area contributed by atoms with Crippen LogP contribution in [0.1, 0.15) is 42.6 Å². The van der Waals surface area contributed by atoms with Gasteiger partial charge in [0.25, 0.3) is 5.91 Å². The molecule has 0 spiro atoms. The van der Waals surface area contributed by atoms with Crippen molar-refractivity contribution < 1.29 is 13.2 Å². The SMILES string of the molecule is CC(C)NS(=O)(=O)c1ccc(Cl)c(C(=O)NCC2(c3ccccc3)CC2)c1. The Kier molecular flexibility index (Phi) is 5.60. The van der Waals surface area contributed by atoms with Crippen LogP contribution in [-0.4, -0.2) is 26.9 Å². The van der Waals surface area contributed by atoms with Crippen LogP contribution in [0.5, 0.6) is 0 Å². The van der Waals surface area contributed by atoms with E-state index in [2.05, 4.69) is 22.2 Å². The molecule has 1 saturated carbocycles. The molecule has 27 heavy (non-hydrogen) atoms. The highest BCUT2D eigenvalue weighted by Gasteiger charge is 2.44. The Morgan fingerprint density at radius 2 is 1.81 bits per heavy atom. The number of sulfonamides is 1. The fourth-order valence-electron chi connectivity index (χ4n) is 3.08. The summed E-state index contributed by atoms with van der Waals surface area (Å²) >= 11 is 6.15. The van der Waals surface area contributed by atoms with Crippen LogP contribution in [0.15, 0.2) is 53.4 Å². The maximum atomic E-state index is 12.7. The fourth-order valence-corrected chi connectivity index (χ4v) is 4.56.